The SMILES string of the molecule is CC(C)C[C@H](NC(C)(C)C)/C(=N/OC(=O)OC(C)(C)C)[C@@]1(C)CO1. The van der Waals surface area contributed by atoms with Crippen molar-refractivity contribution in [1.29, 1.82) is 0 Å². The normalized spacial score (nSPS) is 23.2. The van der Waals surface area contributed by atoms with Gasteiger partial charge in [-0.05, 0) is 60.8 Å². The first-order valence-corrected chi connectivity index (χ1v) is 8.62. The lowest BCUT2D eigenvalue weighted by Gasteiger charge is -2.31. The fraction of sp³-hybridized carbons (Fsp3) is 0.889. The van der Waals surface area contributed by atoms with Gasteiger partial charge in [0.25, 0.3) is 0 Å². The molecule has 0 amide bonds. The molecule has 1 fully saturated rings. The van der Waals surface area contributed by atoms with Gasteiger partial charge < -0.3 is 14.8 Å². The van der Waals surface area contributed by atoms with Gasteiger partial charge in [-0.15, -0.1) is 0 Å². The number of ether oxygens (including phenoxy) is 2. The van der Waals surface area contributed by atoms with E-state index in [-0.39, 0.29) is 11.6 Å². The van der Waals surface area contributed by atoms with Crippen LogP contribution in [0.25, 0.3) is 0 Å². The van der Waals surface area contributed by atoms with Crippen molar-refractivity contribution in [3.8, 4) is 0 Å². The molecule has 1 heterocycles. The molecule has 0 aliphatic carbocycles. The van der Waals surface area contributed by atoms with Gasteiger partial charge >= 0.3 is 6.16 Å². The number of nitrogens with zero attached hydrogens (tertiary/aromatic N) is 1. The Morgan fingerprint density at radius 2 is 1.79 bits per heavy atom. The Hall–Kier alpha value is -1.14. The highest BCUT2D eigenvalue weighted by Crippen LogP contribution is 2.31. The van der Waals surface area contributed by atoms with Crippen LogP contribution in [0.5, 0.6) is 0 Å². The molecule has 6 nitrogen and oxygen atoms in total. The van der Waals surface area contributed by atoms with Crippen molar-refractivity contribution in [2.45, 2.75) is 91.5 Å². The molecule has 2 atom stereocenters. The molecule has 0 saturated carbocycles. The third-order valence-corrected chi connectivity index (χ3v) is 3.37. The first-order chi connectivity index (χ1) is 10.7. The second kappa shape index (κ2) is 7.40. The minimum absolute atomic E-state index is 0.0417. The molecule has 140 valence electrons. The van der Waals surface area contributed by atoms with Gasteiger partial charge in [-0.25, -0.2) is 4.79 Å². The van der Waals surface area contributed by atoms with E-state index in [2.05, 4.69) is 45.1 Å². The van der Waals surface area contributed by atoms with Crippen LogP contribution in [-0.2, 0) is 14.3 Å². The molecule has 1 saturated heterocycles. The predicted octanol–water partition coefficient (Wildman–Crippen LogP) is 3.89. The molecule has 1 N–H and O–H groups in total. The smallest absolute Gasteiger partial charge is 0.427 e. The van der Waals surface area contributed by atoms with Crippen molar-refractivity contribution < 1.29 is 19.1 Å². The number of carbonyl (C=O) groups excluding carboxylic acids is 1. The molecule has 0 unspecified atom stereocenters. The first kappa shape index (κ1) is 20.9. The van der Waals surface area contributed by atoms with E-state index in [1.807, 2.05) is 6.92 Å². The highest BCUT2D eigenvalue weighted by molar-refractivity contribution is 5.98. The summed E-state index contributed by atoms with van der Waals surface area (Å²) in [5, 5.41) is 7.70. The zero-order chi connectivity index (χ0) is 18.8. The summed E-state index contributed by atoms with van der Waals surface area (Å²) in [6.07, 6.45) is 0.0653. The Balaban J connectivity index is 2.96. The molecular weight excluding hydrogens is 308 g/mol. The van der Waals surface area contributed by atoms with Crippen molar-refractivity contribution in [3.63, 3.8) is 0 Å². The molecule has 0 spiro atoms. The van der Waals surface area contributed by atoms with E-state index in [1.54, 1.807) is 20.8 Å². The van der Waals surface area contributed by atoms with Gasteiger partial charge in [-0.3, -0.25) is 4.84 Å². The highest BCUT2D eigenvalue weighted by atomic mass is 16.8. The largest absolute Gasteiger partial charge is 0.535 e. The van der Waals surface area contributed by atoms with Crippen molar-refractivity contribution in [2.24, 2.45) is 11.1 Å². The number of rotatable bonds is 6. The van der Waals surface area contributed by atoms with Crippen LogP contribution in [0, 0.1) is 5.92 Å². The number of hydrogen-bond donors (Lipinski definition) is 1. The summed E-state index contributed by atoms with van der Waals surface area (Å²) < 4.78 is 10.7. The summed E-state index contributed by atoms with van der Waals surface area (Å²) in [5.41, 5.74) is -0.498. The van der Waals surface area contributed by atoms with Gasteiger partial charge in [-0.1, -0.05) is 19.0 Å². The Labute approximate surface area is 146 Å². The molecule has 0 radical (unpaired) electrons. The zero-order valence-electron chi connectivity index (χ0n) is 16.6. The topological polar surface area (TPSA) is 72.5 Å². The second-order valence-electron chi connectivity index (χ2n) is 9.13. The van der Waals surface area contributed by atoms with Crippen LogP contribution in [0.3, 0.4) is 0 Å². The lowest BCUT2D eigenvalue weighted by atomic mass is 9.90. The van der Waals surface area contributed by atoms with Crippen molar-refractivity contribution in [2.75, 3.05) is 6.61 Å². The summed E-state index contributed by atoms with van der Waals surface area (Å²) in [7, 11) is 0. The van der Waals surface area contributed by atoms with Gasteiger partial charge in [0.15, 0.2) is 0 Å². The number of carbonyl (C=O) groups is 1. The number of epoxide rings is 1. The number of nitrogens with one attached hydrogen (secondary N) is 1. The van der Waals surface area contributed by atoms with Crippen molar-refractivity contribution in [3.05, 3.63) is 0 Å². The second-order valence-corrected chi connectivity index (χ2v) is 9.13. The van der Waals surface area contributed by atoms with E-state index in [0.717, 1.165) is 6.42 Å². The van der Waals surface area contributed by atoms with Crippen LogP contribution in [-0.4, -0.2) is 41.3 Å². The van der Waals surface area contributed by atoms with Gasteiger partial charge in [-0.2, -0.15) is 0 Å². The fourth-order valence-electron chi connectivity index (χ4n) is 2.37. The molecule has 24 heavy (non-hydrogen) atoms. The Bertz CT molecular complexity index is 468. The molecular formula is C18H34N2O4. The summed E-state index contributed by atoms with van der Waals surface area (Å²) in [5.74, 6) is 0.457. The van der Waals surface area contributed by atoms with Crippen LogP contribution < -0.4 is 5.32 Å². The van der Waals surface area contributed by atoms with Crippen LogP contribution >= 0.6 is 0 Å². The third kappa shape index (κ3) is 7.62. The van der Waals surface area contributed by atoms with E-state index < -0.39 is 17.4 Å². The van der Waals surface area contributed by atoms with Gasteiger partial charge in [0.1, 0.15) is 16.9 Å². The molecule has 0 aromatic heterocycles. The lowest BCUT2D eigenvalue weighted by molar-refractivity contribution is -0.00670. The molecule has 6 heteroatoms. The van der Waals surface area contributed by atoms with Crippen LogP contribution in [0.15, 0.2) is 5.16 Å². The average Bonchev–Trinajstić information content (AvgIpc) is 3.02. The molecule has 1 aliphatic heterocycles. The molecule has 0 bridgehead atoms. The molecule has 1 rings (SSSR count). The minimum Gasteiger partial charge on any atom is -0.427 e. The van der Waals surface area contributed by atoms with Crippen molar-refractivity contribution >= 4 is 11.9 Å². The number of oxime groups is 1. The van der Waals surface area contributed by atoms with E-state index in [9.17, 15) is 4.79 Å². The van der Waals surface area contributed by atoms with Crippen LogP contribution in [0.1, 0.15) is 68.7 Å². The van der Waals surface area contributed by atoms with Crippen LogP contribution in [0.4, 0.5) is 4.79 Å². The third-order valence-electron chi connectivity index (χ3n) is 3.37. The van der Waals surface area contributed by atoms with Gasteiger partial charge in [0.2, 0.25) is 0 Å². The predicted molar refractivity (Wildman–Crippen MR) is 95.2 cm³/mol. The summed E-state index contributed by atoms with van der Waals surface area (Å²) in [4.78, 5) is 16.9. The average molecular weight is 342 g/mol. The van der Waals surface area contributed by atoms with E-state index in [1.165, 1.54) is 0 Å². The molecule has 0 aromatic carbocycles. The fourth-order valence-corrected chi connectivity index (χ4v) is 2.37. The van der Waals surface area contributed by atoms with Gasteiger partial charge in [0, 0.05) is 5.54 Å². The zero-order valence-corrected chi connectivity index (χ0v) is 16.6. The van der Waals surface area contributed by atoms with Crippen LogP contribution in [0.2, 0.25) is 0 Å². The summed E-state index contributed by atoms with van der Waals surface area (Å²) >= 11 is 0. The summed E-state index contributed by atoms with van der Waals surface area (Å²) in [6, 6.07) is -0.0417. The van der Waals surface area contributed by atoms with E-state index in [4.69, 9.17) is 14.3 Å². The maximum atomic E-state index is 11.8. The Morgan fingerprint density at radius 1 is 1.25 bits per heavy atom. The molecule has 0 aromatic rings. The molecule has 1 aliphatic rings. The first-order valence-electron chi connectivity index (χ1n) is 8.62. The van der Waals surface area contributed by atoms with Gasteiger partial charge in [0.05, 0.1) is 12.6 Å². The lowest BCUT2D eigenvalue weighted by Crippen LogP contribution is -2.51. The number of hydrogen-bond acceptors (Lipinski definition) is 6. The maximum absolute atomic E-state index is 11.8. The standard InChI is InChI=1S/C18H34N2O4/c1-12(2)10-13(19-16(3,4)5)14(18(9)11-22-18)20-24-15(21)23-17(6,7)8/h12-13,19H,10-11H2,1-9H3/b20-14-/t13-,18+/m0/s1. The Morgan fingerprint density at radius 3 is 2.17 bits per heavy atom. The monoisotopic (exact) mass is 342 g/mol. The summed E-state index contributed by atoms with van der Waals surface area (Å²) in [6.45, 7) is 18.5. The minimum atomic E-state index is -0.802. The highest BCUT2D eigenvalue weighted by Gasteiger charge is 2.49. The van der Waals surface area contributed by atoms with E-state index >= 15 is 0 Å². The van der Waals surface area contributed by atoms with E-state index in [0.29, 0.717) is 18.2 Å². The Kier molecular flexibility index (Phi) is 6.44. The quantitative estimate of drug-likeness (QED) is 0.261. The maximum Gasteiger partial charge on any atom is 0.535 e. The van der Waals surface area contributed by atoms with Crippen molar-refractivity contribution in [1.82, 2.24) is 5.32 Å².